The maximum atomic E-state index is 6.14. The molecule has 1 aliphatic heterocycles. The topological polar surface area (TPSA) is 47.3 Å². The molecular weight excluding hydrogens is 252 g/mol. The summed E-state index contributed by atoms with van der Waals surface area (Å²) in [4.78, 5) is 4.40. The molecule has 5 heteroatoms. The molecule has 4 nitrogen and oxygen atoms in total. The van der Waals surface area contributed by atoms with Crippen molar-refractivity contribution < 1.29 is 9.15 Å². The highest BCUT2D eigenvalue weighted by Crippen LogP contribution is 2.30. The van der Waals surface area contributed by atoms with Crippen LogP contribution in [0.2, 0.25) is 0 Å². The number of anilines is 1. The number of rotatable bonds is 3. The van der Waals surface area contributed by atoms with Gasteiger partial charge < -0.3 is 14.5 Å². The molecule has 1 aliphatic rings. The van der Waals surface area contributed by atoms with Crippen molar-refractivity contribution in [3.8, 4) is 0 Å². The van der Waals surface area contributed by atoms with Gasteiger partial charge in [0, 0.05) is 25.3 Å². The Morgan fingerprint density at radius 3 is 2.94 bits per heavy atom. The predicted molar refractivity (Wildman–Crippen MR) is 71.1 cm³/mol. The van der Waals surface area contributed by atoms with Gasteiger partial charge in [0.1, 0.15) is 11.4 Å². The van der Waals surface area contributed by atoms with E-state index in [9.17, 15) is 0 Å². The van der Waals surface area contributed by atoms with Crippen molar-refractivity contribution in [2.45, 2.75) is 18.4 Å². The molecule has 0 aliphatic carbocycles. The first-order valence-corrected chi connectivity index (χ1v) is 6.61. The molecule has 0 aromatic carbocycles. The van der Waals surface area contributed by atoms with E-state index in [-0.39, 0.29) is 5.54 Å². The fraction of sp³-hybridized carbons (Fsp3) is 0.462. The zero-order valence-corrected chi connectivity index (χ0v) is 10.7. The zero-order chi connectivity index (χ0) is 12.4. The summed E-state index contributed by atoms with van der Waals surface area (Å²) in [7, 11) is 0. The van der Waals surface area contributed by atoms with Gasteiger partial charge in [-0.3, -0.25) is 0 Å². The van der Waals surface area contributed by atoms with Crippen molar-refractivity contribution in [1.29, 1.82) is 0 Å². The number of aromatic nitrogens is 1. The van der Waals surface area contributed by atoms with Gasteiger partial charge in [-0.1, -0.05) is 0 Å². The lowest BCUT2D eigenvalue weighted by molar-refractivity contribution is 0.0667. The Morgan fingerprint density at radius 1 is 1.33 bits per heavy atom. The summed E-state index contributed by atoms with van der Waals surface area (Å²) >= 11 is 6.14. The van der Waals surface area contributed by atoms with Crippen molar-refractivity contribution in [3.63, 3.8) is 0 Å². The highest BCUT2D eigenvalue weighted by molar-refractivity contribution is 6.19. The fourth-order valence-corrected chi connectivity index (χ4v) is 2.63. The Bertz CT molecular complexity index is 535. The van der Waals surface area contributed by atoms with Crippen LogP contribution in [-0.2, 0) is 4.74 Å². The van der Waals surface area contributed by atoms with Crippen LogP contribution in [0.5, 0.6) is 0 Å². The van der Waals surface area contributed by atoms with Crippen LogP contribution < -0.4 is 5.32 Å². The van der Waals surface area contributed by atoms with Crippen LogP contribution in [-0.4, -0.2) is 29.6 Å². The standard InChI is InChI=1S/C13H15ClN2O2/c14-9-13(3-7-17-8-4-13)16-12-10-2-6-18-11(10)1-5-15-12/h1-2,5-6H,3-4,7-9H2,(H,15,16). The third-order valence-electron chi connectivity index (χ3n) is 3.47. The van der Waals surface area contributed by atoms with Gasteiger partial charge in [-0.05, 0) is 25.0 Å². The van der Waals surface area contributed by atoms with Gasteiger partial charge in [0.25, 0.3) is 0 Å². The van der Waals surface area contributed by atoms with E-state index in [1.54, 1.807) is 12.5 Å². The summed E-state index contributed by atoms with van der Waals surface area (Å²) in [6.07, 6.45) is 5.21. The van der Waals surface area contributed by atoms with Crippen LogP contribution in [0.15, 0.2) is 29.0 Å². The summed E-state index contributed by atoms with van der Waals surface area (Å²) in [5.74, 6) is 1.38. The van der Waals surface area contributed by atoms with Crippen molar-refractivity contribution in [1.82, 2.24) is 4.98 Å². The Hall–Kier alpha value is -1.26. The van der Waals surface area contributed by atoms with E-state index in [1.165, 1.54) is 0 Å². The van der Waals surface area contributed by atoms with E-state index in [4.69, 9.17) is 20.8 Å². The van der Waals surface area contributed by atoms with Crippen LogP contribution >= 0.6 is 11.6 Å². The Labute approximate surface area is 110 Å². The molecule has 3 heterocycles. The normalized spacial score (nSPS) is 18.9. The fourth-order valence-electron chi connectivity index (χ4n) is 2.30. The molecule has 1 saturated heterocycles. The molecule has 3 rings (SSSR count). The molecule has 0 bridgehead atoms. The van der Waals surface area contributed by atoms with E-state index in [0.29, 0.717) is 5.88 Å². The van der Waals surface area contributed by atoms with Gasteiger partial charge in [-0.15, -0.1) is 11.6 Å². The number of hydrogen-bond acceptors (Lipinski definition) is 4. The van der Waals surface area contributed by atoms with Crippen molar-refractivity contribution >= 4 is 28.4 Å². The quantitative estimate of drug-likeness (QED) is 0.868. The Kier molecular flexibility index (Phi) is 3.14. The molecular formula is C13H15ClN2O2. The molecule has 1 N–H and O–H groups in total. The first kappa shape index (κ1) is 11.8. The lowest BCUT2D eigenvalue weighted by Gasteiger charge is -2.36. The molecule has 0 atom stereocenters. The first-order chi connectivity index (χ1) is 8.83. The molecule has 0 radical (unpaired) electrons. The van der Waals surface area contributed by atoms with E-state index in [1.807, 2.05) is 12.1 Å². The number of nitrogens with one attached hydrogen (secondary N) is 1. The number of halogens is 1. The van der Waals surface area contributed by atoms with Crippen LogP contribution in [0.3, 0.4) is 0 Å². The van der Waals surface area contributed by atoms with E-state index in [0.717, 1.165) is 42.8 Å². The van der Waals surface area contributed by atoms with Gasteiger partial charge in [0.15, 0.2) is 0 Å². The average molecular weight is 267 g/mol. The Balaban J connectivity index is 1.92. The van der Waals surface area contributed by atoms with E-state index < -0.39 is 0 Å². The van der Waals surface area contributed by atoms with E-state index >= 15 is 0 Å². The van der Waals surface area contributed by atoms with Gasteiger partial charge in [-0.25, -0.2) is 4.98 Å². The van der Waals surface area contributed by atoms with E-state index in [2.05, 4.69) is 10.3 Å². The molecule has 0 spiro atoms. The lowest BCUT2D eigenvalue weighted by Crippen LogP contribution is -2.45. The summed E-state index contributed by atoms with van der Waals surface area (Å²) in [6.45, 7) is 1.47. The second-order valence-electron chi connectivity index (χ2n) is 4.64. The van der Waals surface area contributed by atoms with Gasteiger partial charge >= 0.3 is 0 Å². The molecule has 2 aromatic heterocycles. The minimum Gasteiger partial charge on any atom is -0.464 e. The number of nitrogens with zero attached hydrogens (tertiary/aromatic N) is 1. The highest BCUT2D eigenvalue weighted by Gasteiger charge is 2.32. The predicted octanol–water partition coefficient (Wildman–Crippen LogP) is 3.03. The highest BCUT2D eigenvalue weighted by atomic mass is 35.5. The van der Waals surface area contributed by atoms with Crippen LogP contribution in [0.25, 0.3) is 11.0 Å². The minimum atomic E-state index is -0.127. The first-order valence-electron chi connectivity index (χ1n) is 6.07. The van der Waals surface area contributed by atoms with Crippen LogP contribution in [0, 0.1) is 0 Å². The molecule has 0 unspecified atom stereocenters. The molecule has 0 saturated carbocycles. The number of ether oxygens (including phenoxy) is 1. The smallest absolute Gasteiger partial charge is 0.139 e. The third kappa shape index (κ3) is 2.06. The monoisotopic (exact) mass is 266 g/mol. The van der Waals surface area contributed by atoms with Gasteiger partial charge in [0.05, 0.1) is 17.2 Å². The third-order valence-corrected chi connectivity index (χ3v) is 3.98. The summed E-state index contributed by atoms with van der Waals surface area (Å²) in [5, 5.41) is 4.48. The maximum Gasteiger partial charge on any atom is 0.139 e. The number of furan rings is 1. The van der Waals surface area contributed by atoms with Gasteiger partial charge in [0.2, 0.25) is 0 Å². The number of alkyl halides is 1. The van der Waals surface area contributed by atoms with Crippen molar-refractivity contribution in [3.05, 3.63) is 24.6 Å². The van der Waals surface area contributed by atoms with Crippen LogP contribution in [0.1, 0.15) is 12.8 Å². The number of hydrogen-bond donors (Lipinski definition) is 1. The molecule has 96 valence electrons. The maximum absolute atomic E-state index is 6.14. The Morgan fingerprint density at radius 2 is 2.17 bits per heavy atom. The summed E-state index contributed by atoms with van der Waals surface area (Å²) in [6, 6.07) is 3.78. The lowest BCUT2D eigenvalue weighted by atomic mass is 9.92. The zero-order valence-electron chi connectivity index (χ0n) is 9.99. The summed E-state index contributed by atoms with van der Waals surface area (Å²) in [5.41, 5.74) is 0.711. The molecule has 0 amide bonds. The second kappa shape index (κ2) is 4.78. The van der Waals surface area contributed by atoms with Crippen LogP contribution in [0.4, 0.5) is 5.82 Å². The number of pyridine rings is 1. The average Bonchev–Trinajstić information content (AvgIpc) is 2.89. The molecule has 18 heavy (non-hydrogen) atoms. The molecule has 1 fully saturated rings. The van der Waals surface area contributed by atoms with Crippen molar-refractivity contribution in [2.75, 3.05) is 24.4 Å². The summed E-state index contributed by atoms with van der Waals surface area (Å²) < 4.78 is 10.8. The number of fused-ring (bicyclic) bond motifs is 1. The van der Waals surface area contributed by atoms with Crippen molar-refractivity contribution in [2.24, 2.45) is 0 Å². The molecule has 2 aromatic rings. The minimum absolute atomic E-state index is 0.127. The SMILES string of the molecule is ClCC1(Nc2nccc3occc23)CCOCC1. The second-order valence-corrected chi connectivity index (χ2v) is 4.91. The largest absolute Gasteiger partial charge is 0.464 e. The van der Waals surface area contributed by atoms with Gasteiger partial charge in [-0.2, -0.15) is 0 Å².